The van der Waals surface area contributed by atoms with E-state index in [-0.39, 0.29) is 0 Å². The summed E-state index contributed by atoms with van der Waals surface area (Å²) in [5, 5.41) is 9.36. The maximum absolute atomic E-state index is 9.36. The predicted molar refractivity (Wildman–Crippen MR) is 192 cm³/mol. The van der Waals surface area contributed by atoms with E-state index in [0.717, 1.165) is 72.8 Å². The van der Waals surface area contributed by atoms with Crippen molar-refractivity contribution < 1.29 is 0 Å². The second-order valence-electron chi connectivity index (χ2n) is 11.5. The summed E-state index contributed by atoms with van der Waals surface area (Å²) >= 11 is 0. The predicted octanol–water partition coefficient (Wildman–Crippen LogP) is 10.3. The molecule has 48 heavy (non-hydrogen) atoms. The van der Waals surface area contributed by atoms with Gasteiger partial charge in [0, 0.05) is 27.8 Å². The number of nitrogens with zero attached hydrogens (tertiary/aromatic N) is 5. The first kappa shape index (κ1) is 28.7. The Morgan fingerprint density at radius 1 is 0.354 bits per heavy atom. The molecule has 0 aliphatic carbocycles. The molecular weight excluding hydrogens is 587 g/mol. The lowest BCUT2D eigenvalue weighted by Crippen LogP contribution is -1.97. The fraction of sp³-hybridized carbons (Fsp3) is 0. The number of aromatic nitrogens is 4. The van der Waals surface area contributed by atoms with Gasteiger partial charge in [0.2, 0.25) is 0 Å². The first-order valence-corrected chi connectivity index (χ1v) is 15.7. The summed E-state index contributed by atoms with van der Waals surface area (Å²) in [5.74, 6) is 0.655. The highest BCUT2D eigenvalue weighted by molar-refractivity contribution is 5.87. The van der Waals surface area contributed by atoms with Crippen molar-refractivity contribution in [1.82, 2.24) is 19.9 Å². The fourth-order valence-electron chi connectivity index (χ4n) is 5.86. The van der Waals surface area contributed by atoms with Gasteiger partial charge >= 0.3 is 0 Å². The standard InChI is InChI=1S/C43H27N5/c44-28-29-10-9-15-36(26-29)30-18-20-33(21-19-30)41-42(46-38-17-8-7-16-37(38)45-41)34-22-24-35(25-23-34)43-47-39(31-11-3-1-4-12-31)27-40(48-43)32-13-5-2-6-14-32/h1-27H. The van der Waals surface area contributed by atoms with Crippen LogP contribution in [0.1, 0.15) is 5.56 Å². The molecule has 0 aliphatic rings. The summed E-state index contributed by atoms with van der Waals surface area (Å²) in [6.07, 6.45) is 0. The zero-order valence-electron chi connectivity index (χ0n) is 25.8. The lowest BCUT2D eigenvalue weighted by Gasteiger charge is -2.12. The molecule has 0 saturated heterocycles. The average molecular weight is 614 g/mol. The smallest absolute Gasteiger partial charge is 0.160 e. The molecule has 8 aromatic rings. The summed E-state index contributed by atoms with van der Waals surface area (Å²) in [6.45, 7) is 0. The largest absolute Gasteiger partial charge is 0.244 e. The van der Waals surface area contributed by atoms with Gasteiger partial charge in [0.1, 0.15) is 0 Å². The molecule has 0 aliphatic heterocycles. The van der Waals surface area contributed by atoms with Crippen LogP contribution in [0.3, 0.4) is 0 Å². The number of hydrogen-bond donors (Lipinski definition) is 0. The Kier molecular flexibility index (Phi) is 7.50. The Morgan fingerprint density at radius 3 is 1.33 bits per heavy atom. The molecule has 0 bridgehead atoms. The van der Waals surface area contributed by atoms with Gasteiger partial charge in [-0.3, -0.25) is 0 Å². The molecule has 0 unspecified atom stereocenters. The molecule has 5 nitrogen and oxygen atoms in total. The van der Waals surface area contributed by atoms with Crippen LogP contribution in [0.5, 0.6) is 0 Å². The van der Waals surface area contributed by atoms with E-state index in [0.29, 0.717) is 11.4 Å². The Hall–Kier alpha value is -6.77. The highest BCUT2D eigenvalue weighted by atomic mass is 14.9. The van der Waals surface area contributed by atoms with Crippen molar-refractivity contribution in [3.63, 3.8) is 0 Å². The van der Waals surface area contributed by atoms with Crippen LogP contribution in [-0.2, 0) is 0 Å². The van der Waals surface area contributed by atoms with Crippen LogP contribution in [0.25, 0.3) is 78.6 Å². The summed E-state index contributed by atoms with van der Waals surface area (Å²) < 4.78 is 0. The molecule has 2 aromatic heterocycles. The highest BCUT2D eigenvalue weighted by Crippen LogP contribution is 2.34. The highest BCUT2D eigenvalue weighted by Gasteiger charge is 2.16. The van der Waals surface area contributed by atoms with E-state index in [9.17, 15) is 5.26 Å². The van der Waals surface area contributed by atoms with Gasteiger partial charge in [-0.15, -0.1) is 0 Å². The van der Waals surface area contributed by atoms with Crippen LogP contribution in [0.4, 0.5) is 0 Å². The van der Waals surface area contributed by atoms with Crippen molar-refractivity contribution >= 4 is 11.0 Å². The molecular formula is C43H27N5. The lowest BCUT2D eigenvalue weighted by molar-refractivity contribution is 1.18. The molecule has 0 fully saturated rings. The second-order valence-corrected chi connectivity index (χ2v) is 11.5. The average Bonchev–Trinajstić information content (AvgIpc) is 3.18. The van der Waals surface area contributed by atoms with E-state index in [4.69, 9.17) is 19.9 Å². The number of nitriles is 1. The van der Waals surface area contributed by atoms with Gasteiger partial charge in [-0.1, -0.05) is 133 Å². The quantitative estimate of drug-likeness (QED) is 0.187. The van der Waals surface area contributed by atoms with Crippen molar-refractivity contribution in [2.45, 2.75) is 0 Å². The number of hydrogen-bond acceptors (Lipinski definition) is 5. The minimum absolute atomic E-state index is 0.635. The van der Waals surface area contributed by atoms with E-state index >= 15 is 0 Å². The van der Waals surface area contributed by atoms with Crippen LogP contribution in [0, 0.1) is 11.3 Å². The molecule has 0 N–H and O–H groups in total. The summed E-state index contributed by atoms with van der Waals surface area (Å²) in [5.41, 5.74) is 12.5. The van der Waals surface area contributed by atoms with Crippen LogP contribution in [-0.4, -0.2) is 19.9 Å². The van der Waals surface area contributed by atoms with Crippen LogP contribution in [0.15, 0.2) is 164 Å². The van der Waals surface area contributed by atoms with Crippen molar-refractivity contribution in [1.29, 1.82) is 5.26 Å². The van der Waals surface area contributed by atoms with Crippen molar-refractivity contribution in [3.05, 3.63) is 169 Å². The van der Waals surface area contributed by atoms with Gasteiger partial charge < -0.3 is 0 Å². The van der Waals surface area contributed by atoms with Gasteiger partial charge in [0.05, 0.1) is 45.4 Å². The lowest BCUT2D eigenvalue weighted by atomic mass is 9.98. The zero-order chi connectivity index (χ0) is 32.3. The summed E-state index contributed by atoms with van der Waals surface area (Å²) in [4.78, 5) is 20.2. The van der Waals surface area contributed by atoms with Crippen LogP contribution < -0.4 is 0 Å². The minimum Gasteiger partial charge on any atom is -0.244 e. The van der Waals surface area contributed by atoms with Crippen molar-refractivity contribution in [2.75, 3.05) is 0 Å². The Morgan fingerprint density at radius 2 is 0.812 bits per heavy atom. The number of fused-ring (bicyclic) bond motifs is 1. The third-order valence-electron chi connectivity index (χ3n) is 8.34. The fourth-order valence-corrected chi connectivity index (χ4v) is 5.86. The topological polar surface area (TPSA) is 75.3 Å². The minimum atomic E-state index is 0.635. The van der Waals surface area contributed by atoms with E-state index < -0.39 is 0 Å². The molecule has 0 radical (unpaired) electrons. The molecule has 2 heterocycles. The molecule has 0 amide bonds. The Bertz CT molecular complexity index is 2370. The molecule has 0 saturated carbocycles. The van der Waals surface area contributed by atoms with Gasteiger partial charge in [0.15, 0.2) is 5.82 Å². The number of benzene rings is 6. The normalized spacial score (nSPS) is 10.9. The maximum atomic E-state index is 9.36. The molecule has 0 atom stereocenters. The third kappa shape index (κ3) is 5.71. The first-order chi connectivity index (χ1) is 23.7. The molecule has 0 spiro atoms. The number of para-hydroxylation sites is 2. The van der Waals surface area contributed by atoms with Gasteiger partial charge in [0.25, 0.3) is 0 Å². The summed E-state index contributed by atoms with van der Waals surface area (Å²) in [6, 6.07) is 56.8. The molecule has 8 rings (SSSR count). The van der Waals surface area contributed by atoms with Crippen LogP contribution >= 0.6 is 0 Å². The van der Waals surface area contributed by atoms with Gasteiger partial charge in [-0.05, 0) is 41.5 Å². The second kappa shape index (κ2) is 12.6. The van der Waals surface area contributed by atoms with E-state index in [1.165, 1.54) is 0 Å². The Balaban J connectivity index is 1.20. The zero-order valence-corrected chi connectivity index (χ0v) is 25.8. The van der Waals surface area contributed by atoms with Crippen LogP contribution in [0.2, 0.25) is 0 Å². The molecule has 6 aromatic carbocycles. The van der Waals surface area contributed by atoms with E-state index in [1.54, 1.807) is 0 Å². The third-order valence-corrected chi connectivity index (χ3v) is 8.34. The molecule has 5 heteroatoms. The monoisotopic (exact) mass is 613 g/mol. The van der Waals surface area contributed by atoms with Crippen molar-refractivity contribution in [2.24, 2.45) is 0 Å². The van der Waals surface area contributed by atoms with Gasteiger partial charge in [-0.2, -0.15) is 5.26 Å². The van der Waals surface area contributed by atoms with Gasteiger partial charge in [-0.25, -0.2) is 19.9 Å². The number of rotatable bonds is 6. The molecule has 224 valence electrons. The first-order valence-electron chi connectivity index (χ1n) is 15.7. The Labute approximate surface area is 278 Å². The van der Waals surface area contributed by atoms with Crippen molar-refractivity contribution in [3.8, 4) is 73.6 Å². The maximum Gasteiger partial charge on any atom is 0.160 e. The van der Waals surface area contributed by atoms with E-state index in [2.05, 4.69) is 78.9 Å². The SMILES string of the molecule is N#Cc1cccc(-c2ccc(-c3nc4ccccc4nc3-c3ccc(-c4nc(-c5ccccc5)cc(-c5ccccc5)n4)cc3)cc2)c1. The summed E-state index contributed by atoms with van der Waals surface area (Å²) in [7, 11) is 0. The van der Waals surface area contributed by atoms with E-state index in [1.807, 2.05) is 91.0 Å².